The van der Waals surface area contributed by atoms with Gasteiger partial charge in [0.05, 0.1) is 11.1 Å². The summed E-state index contributed by atoms with van der Waals surface area (Å²) in [5.41, 5.74) is 0.451. The summed E-state index contributed by atoms with van der Waals surface area (Å²) in [6.45, 7) is 0. The van der Waals surface area contributed by atoms with Crippen molar-refractivity contribution in [3.8, 4) is 11.5 Å². The van der Waals surface area contributed by atoms with E-state index < -0.39 is 0 Å². The van der Waals surface area contributed by atoms with Crippen molar-refractivity contribution in [3.05, 3.63) is 47.5 Å². The van der Waals surface area contributed by atoms with Crippen molar-refractivity contribution in [3.63, 3.8) is 0 Å². The van der Waals surface area contributed by atoms with E-state index in [9.17, 15) is 19.8 Å². The molecule has 0 aliphatic carbocycles. The highest BCUT2D eigenvalue weighted by molar-refractivity contribution is 7.99. The zero-order chi connectivity index (χ0) is 13.8. The topological polar surface area (TPSA) is 74.6 Å². The van der Waals surface area contributed by atoms with Gasteiger partial charge in [-0.05, 0) is 36.4 Å². The van der Waals surface area contributed by atoms with Crippen LogP contribution in [0.25, 0.3) is 0 Å². The minimum Gasteiger partial charge on any atom is -0.507 e. The Kier molecular flexibility index (Phi) is 3.87. The van der Waals surface area contributed by atoms with Crippen molar-refractivity contribution >= 4 is 24.3 Å². The van der Waals surface area contributed by atoms with E-state index in [2.05, 4.69) is 0 Å². The number of phenols is 2. The minimum absolute atomic E-state index is 0.0891. The van der Waals surface area contributed by atoms with Crippen LogP contribution in [0.1, 0.15) is 20.7 Å². The third-order valence-corrected chi connectivity index (χ3v) is 3.47. The Morgan fingerprint density at radius 1 is 0.789 bits per heavy atom. The number of hydrogen-bond acceptors (Lipinski definition) is 5. The molecule has 5 heteroatoms. The van der Waals surface area contributed by atoms with Gasteiger partial charge in [-0.2, -0.15) is 0 Å². The van der Waals surface area contributed by atoms with Gasteiger partial charge in [-0.15, -0.1) is 0 Å². The van der Waals surface area contributed by atoms with Crippen molar-refractivity contribution in [1.29, 1.82) is 0 Å². The molecule has 0 amide bonds. The molecule has 2 aromatic carbocycles. The van der Waals surface area contributed by atoms with Gasteiger partial charge in [0.1, 0.15) is 11.5 Å². The zero-order valence-electron chi connectivity index (χ0n) is 9.74. The van der Waals surface area contributed by atoms with Gasteiger partial charge in [0.15, 0.2) is 12.6 Å². The van der Waals surface area contributed by atoms with Gasteiger partial charge in [0.2, 0.25) is 0 Å². The summed E-state index contributed by atoms with van der Waals surface area (Å²) in [7, 11) is 0. The van der Waals surface area contributed by atoms with Crippen LogP contribution in [-0.4, -0.2) is 22.8 Å². The van der Waals surface area contributed by atoms with Gasteiger partial charge in [-0.3, -0.25) is 9.59 Å². The SMILES string of the molecule is O=Cc1ccc(Sc2ccc(C=O)c(O)c2)cc1O. The largest absolute Gasteiger partial charge is 0.507 e. The summed E-state index contributed by atoms with van der Waals surface area (Å²) in [6.07, 6.45) is 1.16. The van der Waals surface area contributed by atoms with Gasteiger partial charge in [0.25, 0.3) is 0 Å². The Balaban J connectivity index is 2.26. The minimum atomic E-state index is -0.0891. The Morgan fingerprint density at radius 3 is 1.53 bits per heavy atom. The molecule has 19 heavy (non-hydrogen) atoms. The Morgan fingerprint density at radius 2 is 1.21 bits per heavy atom. The molecule has 0 saturated carbocycles. The zero-order valence-corrected chi connectivity index (χ0v) is 10.6. The average molecular weight is 274 g/mol. The van der Waals surface area contributed by atoms with Gasteiger partial charge >= 0.3 is 0 Å². The quantitative estimate of drug-likeness (QED) is 0.838. The Bertz CT molecular complexity index is 582. The molecule has 2 N–H and O–H groups in total. The van der Waals surface area contributed by atoms with E-state index in [1.807, 2.05) is 0 Å². The van der Waals surface area contributed by atoms with Crippen LogP contribution in [0.15, 0.2) is 46.2 Å². The van der Waals surface area contributed by atoms with Crippen LogP contribution in [-0.2, 0) is 0 Å². The molecule has 0 aliphatic rings. The number of hydrogen-bond donors (Lipinski definition) is 2. The molecule has 0 bridgehead atoms. The Hall–Kier alpha value is -2.27. The van der Waals surface area contributed by atoms with Crippen molar-refractivity contribution in [2.75, 3.05) is 0 Å². The lowest BCUT2D eigenvalue weighted by atomic mass is 10.2. The smallest absolute Gasteiger partial charge is 0.153 e. The first kappa shape index (κ1) is 13.2. The predicted molar refractivity (Wildman–Crippen MR) is 71.1 cm³/mol. The molecule has 0 fully saturated rings. The third kappa shape index (κ3) is 2.95. The molecule has 0 atom stereocenters. The van der Waals surface area contributed by atoms with E-state index in [0.717, 1.165) is 9.79 Å². The Labute approximate surface area is 113 Å². The van der Waals surface area contributed by atoms with E-state index >= 15 is 0 Å². The lowest BCUT2D eigenvalue weighted by molar-refractivity contribution is 0.111. The van der Waals surface area contributed by atoms with E-state index in [1.165, 1.54) is 36.0 Å². The molecule has 0 saturated heterocycles. The van der Waals surface area contributed by atoms with Crippen molar-refractivity contribution < 1.29 is 19.8 Å². The number of aromatic hydroxyl groups is 2. The summed E-state index contributed by atoms with van der Waals surface area (Å²) >= 11 is 1.30. The number of aldehydes is 2. The summed E-state index contributed by atoms with van der Waals surface area (Å²) in [6, 6.07) is 9.37. The predicted octanol–water partition coefficient (Wildman–Crippen LogP) is 2.87. The summed E-state index contributed by atoms with van der Waals surface area (Å²) < 4.78 is 0. The number of benzene rings is 2. The monoisotopic (exact) mass is 274 g/mol. The van der Waals surface area contributed by atoms with Crippen LogP contribution in [0, 0.1) is 0 Å². The maximum Gasteiger partial charge on any atom is 0.153 e. The average Bonchev–Trinajstić information content (AvgIpc) is 2.39. The molecular formula is C14H10O4S. The fraction of sp³-hybridized carbons (Fsp3) is 0. The maximum atomic E-state index is 10.6. The van der Waals surface area contributed by atoms with Crippen LogP contribution in [0.3, 0.4) is 0 Å². The van der Waals surface area contributed by atoms with E-state index in [1.54, 1.807) is 12.1 Å². The number of rotatable bonds is 4. The molecule has 0 aliphatic heterocycles. The fourth-order valence-electron chi connectivity index (χ4n) is 1.51. The first-order chi connectivity index (χ1) is 9.13. The van der Waals surface area contributed by atoms with Gasteiger partial charge < -0.3 is 10.2 Å². The second kappa shape index (κ2) is 5.58. The van der Waals surface area contributed by atoms with Gasteiger partial charge in [0, 0.05) is 9.79 Å². The molecule has 2 aromatic rings. The molecule has 0 unspecified atom stereocenters. The van der Waals surface area contributed by atoms with Crippen LogP contribution in [0.4, 0.5) is 0 Å². The van der Waals surface area contributed by atoms with Gasteiger partial charge in [-0.25, -0.2) is 0 Å². The lowest BCUT2D eigenvalue weighted by Crippen LogP contribution is -1.83. The second-order valence-electron chi connectivity index (χ2n) is 3.78. The van der Waals surface area contributed by atoms with Crippen LogP contribution >= 0.6 is 11.8 Å². The molecule has 0 radical (unpaired) electrons. The standard InChI is InChI=1S/C14H10O4S/c15-7-9-1-3-11(5-13(9)17)19-12-4-2-10(8-16)14(18)6-12/h1-8,17-18H. The highest BCUT2D eigenvalue weighted by atomic mass is 32.2. The number of carbonyl (C=O) groups is 2. The fourth-order valence-corrected chi connectivity index (χ4v) is 2.39. The highest BCUT2D eigenvalue weighted by Gasteiger charge is 2.06. The normalized spacial score (nSPS) is 10.1. The van der Waals surface area contributed by atoms with Crippen LogP contribution < -0.4 is 0 Å². The van der Waals surface area contributed by atoms with Gasteiger partial charge in [-0.1, -0.05) is 11.8 Å². The van der Waals surface area contributed by atoms with E-state index in [-0.39, 0.29) is 22.6 Å². The summed E-state index contributed by atoms with van der Waals surface area (Å²) in [4.78, 5) is 22.6. The molecule has 0 spiro atoms. The van der Waals surface area contributed by atoms with Crippen molar-refractivity contribution in [2.45, 2.75) is 9.79 Å². The molecule has 0 heterocycles. The molecular weight excluding hydrogens is 264 g/mol. The maximum absolute atomic E-state index is 10.6. The van der Waals surface area contributed by atoms with Crippen LogP contribution in [0.5, 0.6) is 11.5 Å². The van der Waals surface area contributed by atoms with E-state index in [4.69, 9.17) is 0 Å². The first-order valence-electron chi connectivity index (χ1n) is 5.38. The molecule has 4 nitrogen and oxygen atoms in total. The highest BCUT2D eigenvalue weighted by Crippen LogP contribution is 2.33. The first-order valence-corrected chi connectivity index (χ1v) is 6.20. The van der Waals surface area contributed by atoms with Crippen LogP contribution in [0.2, 0.25) is 0 Å². The van der Waals surface area contributed by atoms with Crippen molar-refractivity contribution in [1.82, 2.24) is 0 Å². The van der Waals surface area contributed by atoms with Crippen molar-refractivity contribution in [2.24, 2.45) is 0 Å². The number of carbonyl (C=O) groups excluding carboxylic acids is 2. The number of phenolic OH excluding ortho intramolecular Hbond substituents is 2. The third-order valence-electron chi connectivity index (χ3n) is 2.49. The second-order valence-corrected chi connectivity index (χ2v) is 4.93. The molecule has 0 aromatic heterocycles. The molecule has 96 valence electrons. The van der Waals surface area contributed by atoms with E-state index in [0.29, 0.717) is 12.6 Å². The summed E-state index contributed by atoms with van der Waals surface area (Å²) in [5.74, 6) is -0.178. The lowest BCUT2D eigenvalue weighted by Gasteiger charge is -2.05. The summed E-state index contributed by atoms with van der Waals surface area (Å²) in [5, 5.41) is 19.1. The molecule has 2 rings (SSSR count).